The third-order valence-corrected chi connectivity index (χ3v) is 4.78. The third kappa shape index (κ3) is 3.38. The molecule has 2 rings (SSSR count). The Balaban J connectivity index is 2.55. The van der Waals surface area contributed by atoms with Crippen molar-refractivity contribution in [3.63, 3.8) is 0 Å². The Morgan fingerprint density at radius 2 is 1.79 bits per heavy atom. The predicted molar refractivity (Wildman–Crippen MR) is 93.7 cm³/mol. The van der Waals surface area contributed by atoms with Crippen LogP contribution in [0.25, 0.3) is 0 Å². The molecule has 0 aliphatic heterocycles. The molecule has 0 fully saturated rings. The van der Waals surface area contributed by atoms with E-state index in [4.69, 9.17) is 0 Å². The highest BCUT2D eigenvalue weighted by Gasteiger charge is 2.17. The topological polar surface area (TPSA) is 12.0 Å². The summed E-state index contributed by atoms with van der Waals surface area (Å²) in [6, 6.07) is 13.3. The van der Waals surface area contributed by atoms with Gasteiger partial charge in [0.25, 0.3) is 0 Å². The minimum absolute atomic E-state index is 0.226. The second-order valence-corrected chi connectivity index (χ2v) is 6.83. The number of benzene rings is 2. The Morgan fingerprint density at radius 1 is 1.05 bits per heavy atom. The van der Waals surface area contributed by atoms with Crippen molar-refractivity contribution < 1.29 is 0 Å². The molecule has 2 aromatic rings. The lowest BCUT2D eigenvalue weighted by atomic mass is 9.94. The number of hydrogen-bond donors (Lipinski definition) is 1. The van der Waals surface area contributed by atoms with E-state index in [1.807, 2.05) is 7.05 Å². The first-order chi connectivity index (χ1) is 9.02. The number of hydrogen-bond acceptors (Lipinski definition) is 1. The second kappa shape index (κ2) is 6.37. The molecule has 0 radical (unpaired) electrons. The molecular weight excluding hydrogens is 413 g/mol. The smallest absolute Gasteiger partial charge is 0.0587 e. The van der Waals surface area contributed by atoms with E-state index >= 15 is 0 Å². The minimum atomic E-state index is 0.226. The van der Waals surface area contributed by atoms with Crippen LogP contribution in [0.1, 0.15) is 28.3 Å². The van der Waals surface area contributed by atoms with Crippen molar-refractivity contribution in [1.29, 1.82) is 0 Å². The van der Waals surface area contributed by atoms with Gasteiger partial charge in [0.15, 0.2) is 0 Å². The van der Waals surface area contributed by atoms with Gasteiger partial charge in [-0.1, -0.05) is 39.7 Å². The van der Waals surface area contributed by atoms with E-state index in [9.17, 15) is 0 Å². The maximum absolute atomic E-state index is 3.57. The van der Waals surface area contributed by atoms with Crippen LogP contribution >= 0.6 is 38.5 Å². The fourth-order valence-electron chi connectivity index (χ4n) is 2.29. The van der Waals surface area contributed by atoms with E-state index < -0.39 is 0 Å². The van der Waals surface area contributed by atoms with Crippen LogP contribution in [-0.4, -0.2) is 7.05 Å². The van der Waals surface area contributed by atoms with Crippen molar-refractivity contribution in [2.45, 2.75) is 19.9 Å². The van der Waals surface area contributed by atoms with Crippen LogP contribution in [0.2, 0.25) is 0 Å². The zero-order valence-electron chi connectivity index (χ0n) is 11.3. The molecule has 0 amide bonds. The van der Waals surface area contributed by atoms with Gasteiger partial charge in [0, 0.05) is 8.04 Å². The molecule has 2 aromatic carbocycles. The number of rotatable bonds is 3. The quantitative estimate of drug-likeness (QED) is 0.678. The summed E-state index contributed by atoms with van der Waals surface area (Å²) in [5.74, 6) is 0. The van der Waals surface area contributed by atoms with Gasteiger partial charge in [0.1, 0.15) is 0 Å². The van der Waals surface area contributed by atoms with Crippen LogP contribution < -0.4 is 5.32 Å². The van der Waals surface area contributed by atoms with E-state index in [0.717, 1.165) is 4.47 Å². The molecule has 19 heavy (non-hydrogen) atoms. The summed E-state index contributed by atoms with van der Waals surface area (Å²) in [6.07, 6.45) is 0. The summed E-state index contributed by atoms with van der Waals surface area (Å²) in [5.41, 5.74) is 5.27. The standard InChI is InChI=1S/C16H17BrIN/c1-10-4-5-11(2)13(8-10)16(19-3)14-9-12(17)6-7-15(14)18/h4-9,16,19H,1-3H3. The Morgan fingerprint density at radius 3 is 2.47 bits per heavy atom. The third-order valence-electron chi connectivity index (χ3n) is 3.30. The van der Waals surface area contributed by atoms with Gasteiger partial charge in [-0.15, -0.1) is 0 Å². The zero-order valence-corrected chi connectivity index (χ0v) is 15.0. The highest BCUT2D eigenvalue weighted by atomic mass is 127. The average Bonchev–Trinajstić information content (AvgIpc) is 2.38. The molecule has 0 aromatic heterocycles. The van der Waals surface area contributed by atoms with Gasteiger partial charge in [-0.25, -0.2) is 0 Å². The molecule has 0 saturated carbocycles. The molecule has 0 aliphatic rings. The lowest BCUT2D eigenvalue weighted by Crippen LogP contribution is -2.20. The van der Waals surface area contributed by atoms with Gasteiger partial charge in [0.2, 0.25) is 0 Å². The van der Waals surface area contributed by atoms with Crippen molar-refractivity contribution in [2.24, 2.45) is 0 Å². The molecule has 0 bridgehead atoms. The van der Waals surface area contributed by atoms with Crippen molar-refractivity contribution in [1.82, 2.24) is 5.32 Å². The van der Waals surface area contributed by atoms with Crippen LogP contribution in [-0.2, 0) is 0 Å². The molecule has 1 N–H and O–H groups in total. The lowest BCUT2D eigenvalue weighted by Gasteiger charge is -2.21. The van der Waals surface area contributed by atoms with Crippen molar-refractivity contribution in [3.05, 3.63) is 66.7 Å². The largest absolute Gasteiger partial charge is 0.309 e. The highest BCUT2D eigenvalue weighted by Crippen LogP contribution is 2.30. The number of aryl methyl sites for hydroxylation is 2. The van der Waals surface area contributed by atoms with Crippen LogP contribution in [0.5, 0.6) is 0 Å². The summed E-state index contributed by atoms with van der Waals surface area (Å²) in [5, 5.41) is 3.45. The summed E-state index contributed by atoms with van der Waals surface area (Å²) in [6.45, 7) is 4.31. The maximum Gasteiger partial charge on any atom is 0.0587 e. The van der Waals surface area contributed by atoms with Crippen LogP contribution in [0.15, 0.2) is 40.9 Å². The van der Waals surface area contributed by atoms with E-state index in [2.05, 4.69) is 94.1 Å². The number of nitrogens with one attached hydrogen (secondary N) is 1. The first-order valence-corrected chi connectivity index (χ1v) is 8.09. The normalized spacial score (nSPS) is 12.5. The van der Waals surface area contributed by atoms with Crippen LogP contribution in [0.3, 0.4) is 0 Å². The Kier molecular flexibility index (Phi) is 5.03. The van der Waals surface area contributed by atoms with E-state index in [1.54, 1.807) is 0 Å². The molecule has 0 aliphatic carbocycles. The molecule has 100 valence electrons. The van der Waals surface area contributed by atoms with Gasteiger partial charge in [-0.3, -0.25) is 0 Å². The van der Waals surface area contributed by atoms with Crippen molar-refractivity contribution in [3.8, 4) is 0 Å². The molecule has 0 saturated heterocycles. The molecule has 0 spiro atoms. The summed E-state index contributed by atoms with van der Waals surface area (Å²) >= 11 is 5.97. The zero-order chi connectivity index (χ0) is 14.0. The van der Waals surface area contributed by atoms with Gasteiger partial charge in [-0.2, -0.15) is 0 Å². The van der Waals surface area contributed by atoms with E-state index in [-0.39, 0.29) is 6.04 Å². The first-order valence-electron chi connectivity index (χ1n) is 6.22. The lowest BCUT2D eigenvalue weighted by molar-refractivity contribution is 0.683. The SMILES string of the molecule is CNC(c1cc(C)ccc1C)c1cc(Br)ccc1I. The molecule has 1 atom stereocenters. The van der Waals surface area contributed by atoms with Crippen molar-refractivity contribution >= 4 is 38.5 Å². The Bertz CT molecular complexity index is 544. The fraction of sp³-hybridized carbons (Fsp3) is 0.250. The molecule has 3 heteroatoms. The molecular formula is C16H17BrIN. The van der Waals surface area contributed by atoms with Gasteiger partial charge < -0.3 is 5.32 Å². The monoisotopic (exact) mass is 429 g/mol. The van der Waals surface area contributed by atoms with E-state index in [0.29, 0.717) is 0 Å². The van der Waals surface area contributed by atoms with E-state index in [1.165, 1.54) is 25.8 Å². The van der Waals surface area contributed by atoms with Crippen LogP contribution in [0, 0.1) is 17.4 Å². The molecule has 1 nitrogen and oxygen atoms in total. The molecule has 0 heterocycles. The Hall–Kier alpha value is -0.390. The van der Waals surface area contributed by atoms with Crippen molar-refractivity contribution in [2.75, 3.05) is 7.05 Å². The van der Waals surface area contributed by atoms with Gasteiger partial charge in [0.05, 0.1) is 6.04 Å². The first kappa shape index (κ1) is 15.0. The average molecular weight is 430 g/mol. The minimum Gasteiger partial charge on any atom is -0.309 e. The fourth-order valence-corrected chi connectivity index (χ4v) is 3.31. The van der Waals surface area contributed by atoms with Crippen LogP contribution in [0.4, 0.5) is 0 Å². The second-order valence-electron chi connectivity index (χ2n) is 4.75. The Labute approximate surface area is 137 Å². The van der Waals surface area contributed by atoms with Gasteiger partial charge >= 0.3 is 0 Å². The molecule has 1 unspecified atom stereocenters. The number of halogens is 2. The predicted octanol–water partition coefficient (Wildman–Crippen LogP) is 4.98. The summed E-state index contributed by atoms with van der Waals surface area (Å²) in [7, 11) is 2.02. The highest BCUT2D eigenvalue weighted by molar-refractivity contribution is 14.1. The maximum atomic E-state index is 3.57. The summed E-state index contributed by atoms with van der Waals surface area (Å²) < 4.78 is 2.40. The van der Waals surface area contributed by atoms with Gasteiger partial charge in [-0.05, 0) is 78.4 Å². The summed E-state index contributed by atoms with van der Waals surface area (Å²) in [4.78, 5) is 0.